The standard InChI is InChI=1S/C24H21ClFN5O3/c1-34-22-5-3-17(14-28-22)29-24-27-9-6-20(30-24)15-7-10-31(23(33)13-15)21(8-11-32)16-2-4-18(25)19(26)12-16/h2-7,9-10,12-14,21,32H,8,11H2,1H3,(H,27,29,30)/t21-/m1/s1. The van der Waals surface area contributed by atoms with E-state index >= 15 is 0 Å². The molecule has 0 bridgehead atoms. The first kappa shape index (κ1) is 23.3. The highest BCUT2D eigenvalue weighted by atomic mass is 35.5. The van der Waals surface area contributed by atoms with Crippen LogP contribution in [0.15, 0.2) is 71.9 Å². The molecule has 174 valence electrons. The van der Waals surface area contributed by atoms with Gasteiger partial charge in [0.15, 0.2) is 0 Å². The van der Waals surface area contributed by atoms with E-state index in [1.165, 1.54) is 29.9 Å². The van der Waals surface area contributed by atoms with Gasteiger partial charge in [0, 0.05) is 36.7 Å². The summed E-state index contributed by atoms with van der Waals surface area (Å²) in [5.41, 5.74) is 2.02. The quantitative estimate of drug-likeness (QED) is 0.388. The number of methoxy groups -OCH3 is 1. The van der Waals surface area contributed by atoms with Gasteiger partial charge in [-0.15, -0.1) is 0 Å². The number of nitrogens with one attached hydrogen (secondary N) is 1. The lowest BCUT2D eigenvalue weighted by Crippen LogP contribution is -2.25. The van der Waals surface area contributed by atoms with E-state index < -0.39 is 11.9 Å². The average molecular weight is 482 g/mol. The van der Waals surface area contributed by atoms with Crippen molar-refractivity contribution < 1.29 is 14.2 Å². The topological polar surface area (TPSA) is 102 Å². The fourth-order valence-electron chi connectivity index (χ4n) is 3.50. The van der Waals surface area contributed by atoms with Gasteiger partial charge < -0.3 is 19.7 Å². The highest BCUT2D eigenvalue weighted by Gasteiger charge is 2.17. The summed E-state index contributed by atoms with van der Waals surface area (Å²) in [6.45, 7) is -0.176. The summed E-state index contributed by atoms with van der Waals surface area (Å²) in [7, 11) is 1.54. The zero-order chi connectivity index (χ0) is 24.1. The molecule has 4 aromatic rings. The number of rotatable bonds is 8. The number of hydrogen-bond donors (Lipinski definition) is 2. The van der Waals surface area contributed by atoms with E-state index in [-0.39, 0.29) is 23.6 Å². The van der Waals surface area contributed by atoms with E-state index in [1.807, 2.05) is 0 Å². The summed E-state index contributed by atoms with van der Waals surface area (Å²) >= 11 is 5.79. The smallest absolute Gasteiger partial charge is 0.251 e. The first-order valence-corrected chi connectivity index (χ1v) is 10.7. The number of nitrogens with zero attached hydrogens (tertiary/aromatic N) is 4. The summed E-state index contributed by atoms with van der Waals surface area (Å²) in [4.78, 5) is 25.8. The minimum atomic E-state index is -0.583. The Bertz CT molecular complexity index is 1350. The van der Waals surface area contributed by atoms with Gasteiger partial charge in [0.25, 0.3) is 5.56 Å². The van der Waals surface area contributed by atoms with Crippen LogP contribution in [-0.2, 0) is 0 Å². The minimum absolute atomic E-state index is 0.00668. The largest absolute Gasteiger partial charge is 0.481 e. The predicted molar refractivity (Wildman–Crippen MR) is 127 cm³/mol. The van der Waals surface area contributed by atoms with Gasteiger partial charge in [-0.05, 0) is 42.3 Å². The molecule has 1 aromatic carbocycles. The lowest BCUT2D eigenvalue weighted by molar-refractivity contribution is 0.266. The van der Waals surface area contributed by atoms with Crippen molar-refractivity contribution in [2.75, 3.05) is 19.0 Å². The SMILES string of the molecule is COc1ccc(Nc2nccc(-c3ccn([C@H](CCO)c4ccc(Cl)c(F)c4)c(=O)c3)n2)cn1. The lowest BCUT2D eigenvalue weighted by Gasteiger charge is -2.20. The van der Waals surface area contributed by atoms with Crippen molar-refractivity contribution in [3.63, 3.8) is 0 Å². The fraction of sp³-hybridized carbons (Fsp3) is 0.167. The van der Waals surface area contributed by atoms with E-state index in [4.69, 9.17) is 16.3 Å². The first-order chi connectivity index (χ1) is 16.5. The van der Waals surface area contributed by atoms with Crippen LogP contribution in [0.5, 0.6) is 5.88 Å². The zero-order valence-electron chi connectivity index (χ0n) is 18.2. The third-order valence-electron chi connectivity index (χ3n) is 5.17. The van der Waals surface area contributed by atoms with Crippen LogP contribution >= 0.6 is 11.6 Å². The molecule has 0 amide bonds. The van der Waals surface area contributed by atoms with Crippen molar-refractivity contribution in [1.82, 2.24) is 19.5 Å². The Morgan fingerprint density at radius 2 is 2.03 bits per heavy atom. The molecule has 0 saturated carbocycles. The second kappa shape index (κ2) is 10.4. The van der Waals surface area contributed by atoms with Crippen LogP contribution in [0, 0.1) is 5.82 Å². The summed E-state index contributed by atoms with van der Waals surface area (Å²) in [5.74, 6) is 0.241. The van der Waals surface area contributed by atoms with Gasteiger partial charge >= 0.3 is 0 Å². The number of ether oxygens (including phenoxy) is 1. The minimum Gasteiger partial charge on any atom is -0.481 e. The molecule has 10 heteroatoms. The molecule has 0 unspecified atom stereocenters. The van der Waals surface area contributed by atoms with Crippen molar-refractivity contribution in [2.45, 2.75) is 12.5 Å². The van der Waals surface area contributed by atoms with Crippen LogP contribution in [-0.4, -0.2) is 38.3 Å². The molecule has 3 heterocycles. The number of pyridine rings is 2. The van der Waals surface area contributed by atoms with Crippen LogP contribution in [0.3, 0.4) is 0 Å². The van der Waals surface area contributed by atoms with E-state index in [0.29, 0.717) is 34.3 Å². The van der Waals surface area contributed by atoms with Crippen molar-refractivity contribution >= 4 is 23.2 Å². The van der Waals surface area contributed by atoms with Crippen molar-refractivity contribution in [1.29, 1.82) is 0 Å². The maximum absolute atomic E-state index is 14.0. The molecule has 0 fully saturated rings. The lowest BCUT2D eigenvalue weighted by atomic mass is 10.0. The Morgan fingerprint density at radius 1 is 1.18 bits per heavy atom. The molecule has 34 heavy (non-hydrogen) atoms. The summed E-state index contributed by atoms with van der Waals surface area (Å²) < 4.78 is 20.5. The molecule has 0 aliphatic heterocycles. The Morgan fingerprint density at radius 3 is 2.71 bits per heavy atom. The zero-order valence-corrected chi connectivity index (χ0v) is 18.9. The molecule has 0 aliphatic carbocycles. The third kappa shape index (κ3) is 5.22. The molecular weight excluding hydrogens is 461 g/mol. The number of aromatic nitrogens is 4. The molecule has 0 spiro atoms. The third-order valence-corrected chi connectivity index (χ3v) is 5.47. The molecule has 1 atom stereocenters. The van der Waals surface area contributed by atoms with Gasteiger partial charge in [0.1, 0.15) is 5.82 Å². The fourth-order valence-corrected chi connectivity index (χ4v) is 3.62. The monoisotopic (exact) mass is 481 g/mol. The summed E-state index contributed by atoms with van der Waals surface area (Å²) in [6.07, 6.45) is 5.01. The Hall–Kier alpha value is -3.82. The van der Waals surface area contributed by atoms with Gasteiger partial charge in [-0.1, -0.05) is 17.7 Å². The van der Waals surface area contributed by atoms with Crippen LogP contribution in [0.4, 0.5) is 16.0 Å². The van der Waals surface area contributed by atoms with Gasteiger partial charge in [-0.3, -0.25) is 4.79 Å². The van der Waals surface area contributed by atoms with Crippen LogP contribution in [0.25, 0.3) is 11.3 Å². The number of benzene rings is 1. The van der Waals surface area contributed by atoms with Gasteiger partial charge in [0.05, 0.1) is 35.8 Å². The maximum atomic E-state index is 14.0. The van der Waals surface area contributed by atoms with Crippen LogP contribution in [0.1, 0.15) is 18.0 Å². The number of aliphatic hydroxyl groups excluding tert-OH is 1. The van der Waals surface area contributed by atoms with Crippen LogP contribution < -0.4 is 15.6 Å². The maximum Gasteiger partial charge on any atom is 0.251 e. The Balaban J connectivity index is 1.61. The van der Waals surface area contributed by atoms with E-state index in [2.05, 4.69) is 20.3 Å². The van der Waals surface area contributed by atoms with Crippen molar-refractivity contribution in [3.05, 3.63) is 93.9 Å². The van der Waals surface area contributed by atoms with Gasteiger partial charge in [-0.2, -0.15) is 0 Å². The second-order valence-electron chi connectivity index (χ2n) is 7.34. The highest BCUT2D eigenvalue weighted by molar-refractivity contribution is 6.30. The van der Waals surface area contributed by atoms with Crippen molar-refractivity contribution in [3.8, 4) is 17.1 Å². The molecule has 4 rings (SSSR count). The van der Waals surface area contributed by atoms with Gasteiger partial charge in [0.2, 0.25) is 11.8 Å². The van der Waals surface area contributed by atoms with Crippen LogP contribution in [0.2, 0.25) is 5.02 Å². The number of aliphatic hydroxyl groups is 1. The highest BCUT2D eigenvalue weighted by Crippen LogP contribution is 2.26. The van der Waals surface area contributed by atoms with E-state index in [9.17, 15) is 14.3 Å². The van der Waals surface area contributed by atoms with Gasteiger partial charge in [-0.25, -0.2) is 19.3 Å². The summed E-state index contributed by atoms with van der Waals surface area (Å²) in [6, 6.07) is 12.2. The molecule has 0 radical (unpaired) electrons. The second-order valence-corrected chi connectivity index (χ2v) is 7.75. The molecule has 3 aromatic heterocycles. The molecular formula is C24H21ClFN5O3. The van der Waals surface area contributed by atoms with E-state index in [1.54, 1.807) is 48.9 Å². The molecule has 0 aliphatic rings. The van der Waals surface area contributed by atoms with E-state index in [0.717, 1.165) is 0 Å². The number of halogens is 2. The normalized spacial score (nSPS) is 11.8. The Kier molecular flexibility index (Phi) is 7.15. The summed E-state index contributed by atoms with van der Waals surface area (Å²) in [5, 5.41) is 12.6. The molecule has 8 nitrogen and oxygen atoms in total. The first-order valence-electron chi connectivity index (χ1n) is 10.4. The Labute approximate surface area is 199 Å². The molecule has 2 N–H and O–H groups in total. The molecule has 0 saturated heterocycles. The predicted octanol–water partition coefficient (Wildman–Crippen LogP) is 4.22. The average Bonchev–Trinajstić information content (AvgIpc) is 2.85. The van der Waals surface area contributed by atoms with Crippen molar-refractivity contribution in [2.24, 2.45) is 0 Å². The number of anilines is 2. The number of hydrogen-bond acceptors (Lipinski definition) is 7.